The first-order valence-electron chi connectivity index (χ1n) is 5.84. The van der Waals surface area contributed by atoms with Crippen molar-refractivity contribution in [3.05, 3.63) is 0 Å². The van der Waals surface area contributed by atoms with Gasteiger partial charge in [0.2, 0.25) is 11.2 Å². The van der Waals surface area contributed by atoms with Crippen LogP contribution in [0.2, 0.25) is 32.2 Å². The summed E-state index contributed by atoms with van der Waals surface area (Å²) in [5.74, 6) is 0. The van der Waals surface area contributed by atoms with Crippen molar-refractivity contribution in [2.24, 2.45) is 0 Å². The molecule has 122 valence electrons. The topological polar surface area (TPSA) is 60.4 Å². The Morgan fingerprint density at radius 1 is 1.00 bits per heavy atom. The maximum atomic E-state index is 12.3. The quantitative estimate of drug-likeness (QED) is 0.339. The van der Waals surface area contributed by atoms with E-state index in [1.54, 1.807) is 13.5 Å². The SMILES string of the molecule is C.CC1([P+](=O)Cl)C[Si](C)([P+](=O)Cl)[Si](C)(C)[Si](C)([P+](=O)Cl)O1. The molecule has 0 N–H and O–H groups in total. The van der Waals surface area contributed by atoms with E-state index in [1.807, 2.05) is 19.6 Å². The third kappa shape index (κ3) is 3.44. The van der Waals surface area contributed by atoms with Gasteiger partial charge in [0.25, 0.3) is 5.34 Å². The number of rotatable bonds is 3. The number of hydrogen-bond donors (Lipinski definition) is 0. The molecule has 1 fully saturated rings. The maximum Gasteiger partial charge on any atom is 0.488 e. The van der Waals surface area contributed by atoms with Gasteiger partial charge in [-0.3, -0.25) is 0 Å². The highest BCUT2D eigenvalue weighted by molar-refractivity contribution is 8.25. The smallest absolute Gasteiger partial charge is 0.332 e. The molecule has 1 aliphatic rings. The van der Waals surface area contributed by atoms with Gasteiger partial charge >= 0.3 is 35.3 Å². The number of halogens is 3. The van der Waals surface area contributed by atoms with E-state index < -0.39 is 47.8 Å². The Morgan fingerprint density at radius 3 is 1.71 bits per heavy atom. The molecule has 1 rings (SSSR count). The van der Waals surface area contributed by atoms with Gasteiger partial charge in [-0.05, 0) is 17.7 Å². The Balaban J connectivity index is 0.00000400. The first-order chi connectivity index (χ1) is 8.74. The Hall–Kier alpha value is 1.78. The zero-order chi connectivity index (χ0) is 16.1. The predicted octanol–water partition coefficient (Wildman–Crippen LogP) is 6.83. The van der Waals surface area contributed by atoms with Crippen molar-refractivity contribution in [3.63, 3.8) is 0 Å². The minimum Gasteiger partial charge on any atom is -0.332 e. The largest absolute Gasteiger partial charge is 0.488 e. The van der Waals surface area contributed by atoms with Crippen LogP contribution in [0.3, 0.4) is 0 Å². The molecular weight excluding hydrogens is 444 g/mol. The summed E-state index contributed by atoms with van der Waals surface area (Å²) < 4.78 is 42.4. The van der Waals surface area contributed by atoms with Crippen LogP contribution in [0.1, 0.15) is 14.4 Å². The van der Waals surface area contributed by atoms with Crippen LogP contribution in [0.25, 0.3) is 0 Å². The fraction of sp³-hybridized carbons (Fsp3) is 1.00. The average molecular weight is 465 g/mol. The predicted molar refractivity (Wildman–Crippen MR) is 102 cm³/mol. The van der Waals surface area contributed by atoms with E-state index in [0.717, 1.165) is 0 Å². The van der Waals surface area contributed by atoms with E-state index in [-0.39, 0.29) is 7.43 Å². The lowest BCUT2D eigenvalue weighted by Gasteiger charge is -2.42. The summed E-state index contributed by atoms with van der Waals surface area (Å²) in [6.45, 7) is 5.33. The van der Waals surface area contributed by atoms with E-state index in [0.29, 0.717) is 6.04 Å². The molecule has 1 aliphatic heterocycles. The van der Waals surface area contributed by atoms with Gasteiger partial charge in [0.15, 0.2) is 29.6 Å². The van der Waals surface area contributed by atoms with Crippen LogP contribution in [0, 0.1) is 0 Å². The van der Waals surface area contributed by atoms with Crippen molar-refractivity contribution in [2.75, 3.05) is 0 Å². The molecule has 0 saturated carbocycles. The van der Waals surface area contributed by atoms with Crippen molar-refractivity contribution < 1.29 is 18.1 Å². The minimum atomic E-state index is -2.90. The molecule has 13 heteroatoms. The van der Waals surface area contributed by atoms with Crippen molar-refractivity contribution in [3.8, 4) is 0 Å². The van der Waals surface area contributed by atoms with Crippen LogP contribution in [-0.4, -0.2) is 27.2 Å². The van der Waals surface area contributed by atoms with E-state index in [4.69, 9.17) is 38.1 Å². The Morgan fingerprint density at radius 2 is 1.43 bits per heavy atom. The third-order valence-electron chi connectivity index (χ3n) is 4.69. The van der Waals surface area contributed by atoms with Crippen LogP contribution in [-0.2, 0) is 18.1 Å². The van der Waals surface area contributed by atoms with E-state index >= 15 is 0 Å². The summed E-state index contributed by atoms with van der Waals surface area (Å²) in [4.78, 5) is 0. The third-order valence-corrected chi connectivity index (χ3v) is 72.4. The Kier molecular flexibility index (Phi) is 7.54. The Bertz CT molecular complexity index is 476. The highest BCUT2D eigenvalue weighted by atomic mass is 35.7. The second-order valence-corrected chi connectivity index (χ2v) is 46.9. The highest BCUT2D eigenvalue weighted by Gasteiger charge is 2.87. The lowest BCUT2D eigenvalue weighted by molar-refractivity contribution is 0.196. The fourth-order valence-corrected chi connectivity index (χ4v) is 78.2. The van der Waals surface area contributed by atoms with Gasteiger partial charge in [-0.15, -0.1) is 0 Å². The van der Waals surface area contributed by atoms with Crippen LogP contribution >= 0.6 is 54.3 Å². The molecule has 0 aromatic carbocycles. The zero-order valence-electron chi connectivity index (χ0n) is 11.8. The van der Waals surface area contributed by atoms with Crippen molar-refractivity contribution in [1.29, 1.82) is 0 Å². The van der Waals surface area contributed by atoms with Gasteiger partial charge in [-0.2, -0.15) is 0 Å². The molecule has 0 aromatic rings. The van der Waals surface area contributed by atoms with Crippen LogP contribution in [0.4, 0.5) is 0 Å². The molecular formula is C8H21Cl3O4P3Si3+3. The summed E-state index contributed by atoms with van der Waals surface area (Å²) in [7, 11) is -9.94. The first kappa shape index (κ1) is 22.8. The average Bonchev–Trinajstić information content (AvgIpc) is 2.25. The minimum absolute atomic E-state index is 0. The summed E-state index contributed by atoms with van der Waals surface area (Å²) >= 11 is 17.8. The summed E-state index contributed by atoms with van der Waals surface area (Å²) in [6.07, 6.45) is 0. The van der Waals surface area contributed by atoms with Crippen LogP contribution in [0.5, 0.6) is 0 Å². The molecule has 6 atom stereocenters. The number of hydrogen-bond acceptors (Lipinski definition) is 4. The van der Waals surface area contributed by atoms with Gasteiger partial charge in [-0.1, -0.05) is 29.7 Å². The van der Waals surface area contributed by atoms with Gasteiger partial charge in [0.05, 0.1) is 6.04 Å². The lowest BCUT2D eigenvalue weighted by atomic mass is 10.5. The second-order valence-electron chi connectivity index (χ2n) is 6.07. The lowest BCUT2D eigenvalue weighted by Crippen LogP contribution is -2.76. The second kappa shape index (κ2) is 6.95. The van der Waals surface area contributed by atoms with Crippen LogP contribution < -0.4 is 0 Å². The standard InChI is InChI=1S/C7H17Cl3O4P3Si3.CH4/c1-7(15(8)11)6-19(4,16(9)12)18(2,3)20(5,14-7)17(10)13;/h6H2,1-5H3;1H4/q+3;. The van der Waals surface area contributed by atoms with Gasteiger partial charge < -0.3 is 4.43 Å². The normalized spacial score (nSPS) is 40.9. The zero-order valence-corrected chi connectivity index (χ0v) is 19.8. The molecule has 0 amide bonds. The van der Waals surface area contributed by atoms with Gasteiger partial charge in [0, 0.05) is 6.92 Å². The van der Waals surface area contributed by atoms with Crippen molar-refractivity contribution in [1.82, 2.24) is 0 Å². The van der Waals surface area contributed by atoms with Gasteiger partial charge in [0.1, 0.15) is 0 Å². The van der Waals surface area contributed by atoms with E-state index in [9.17, 15) is 13.7 Å². The highest BCUT2D eigenvalue weighted by Crippen LogP contribution is 2.66. The molecule has 0 bridgehead atoms. The molecule has 0 radical (unpaired) electrons. The fourth-order valence-electron chi connectivity index (χ4n) is 2.59. The molecule has 0 spiro atoms. The van der Waals surface area contributed by atoms with E-state index in [2.05, 4.69) is 0 Å². The monoisotopic (exact) mass is 463 g/mol. The van der Waals surface area contributed by atoms with Crippen LogP contribution in [0.15, 0.2) is 0 Å². The molecule has 21 heavy (non-hydrogen) atoms. The summed E-state index contributed by atoms with van der Waals surface area (Å²) in [5.41, 5.74) is 0. The van der Waals surface area contributed by atoms with Crippen molar-refractivity contribution in [2.45, 2.75) is 51.9 Å². The maximum absolute atomic E-state index is 12.3. The molecule has 4 nitrogen and oxygen atoms in total. The van der Waals surface area contributed by atoms with Gasteiger partial charge in [-0.25, -0.2) is 0 Å². The molecule has 1 heterocycles. The molecule has 1 saturated heterocycles. The summed E-state index contributed by atoms with van der Waals surface area (Å²) in [5, 5.41) is -1.14. The molecule has 6 unspecified atom stereocenters. The van der Waals surface area contributed by atoms with Crippen molar-refractivity contribution >= 4 is 76.1 Å². The first-order valence-corrected chi connectivity index (χ1v) is 24.1. The molecule has 0 aliphatic carbocycles. The summed E-state index contributed by atoms with van der Waals surface area (Å²) in [6, 6.07) is 0.360. The Labute approximate surface area is 145 Å². The van der Waals surface area contributed by atoms with E-state index in [1.165, 1.54) is 0 Å². The molecule has 0 aromatic heterocycles.